The van der Waals surface area contributed by atoms with Crippen LogP contribution >= 0.6 is 38.9 Å². The van der Waals surface area contributed by atoms with Gasteiger partial charge in [0.2, 0.25) is 5.15 Å². The molecule has 0 aliphatic heterocycles. The van der Waals surface area contributed by atoms with E-state index in [1.54, 1.807) is 7.05 Å². The monoisotopic (exact) mass is 389 g/mol. The maximum atomic E-state index is 12.4. The van der Waals surface area contributed by atoms with E-state index in [0.717, 1.165) is 9.35 Å². The van der Waals surface area contributed by atoms with Crippen molar-refractivity contribution in [2.75, 3.05) is 7.05 Å². The predicted molar refractivity (Wildman–Crippen MR) is 83.7 cm³/mol. The van der Waals surface area contributed by atoms with Crippen LogP contribution in [-0.4, -0.2) is 27.8 Å². The van der Waals surface area contributed by atoms with Crippen LogP contribution in [0, 0.1) is 10.1 Å². The number of hydrogen-bond donors (Lipinski definition) is 0. The van der Waals surface area contributed by atoms with Crippen LogP contribution in [0.15, 0.2) is 27.5 Å². The Labute approximate surface area is 137 Å². The Bertz CT molecular complexity index is 707. The van der Waals surface area contributed by atoms with E-state index >= 15 is 0 Å². The summed E-state index contributed by atoms with van der Waals surface area (Å²) in [4.78, 5) is 27.7. The second kappa shape index (κ2) is 6.50. The molecule has 2 heterocycles. The zero-order chi connectivity index (χ0) is 15.6. The lowest BCUT2D eigenvalue weighted by atomic mass is 10.2. The summed E-state index contributed by atoms with van der Waals surface area (Å²) in [7, 11) is 1.58. The van der Waals surface area contributed by atoms with E-state index in [9.17, 15) is 14.9 Å². The van der Waals surface area contributed by atoms with Gasteiger partial charge in [-0.15, -0.1) is 11.3 Å². The first-order valence-corrected chi connectivity index (χ1v) is 7.72. The van der Waals surface area contributed by atoms with Gasteiger partial charge in [-0.3, -0.25) is 14.9 Å². The Kier molecular flexibility index (Phi) is 4.92. The molecule has 0 atom stereocenters. The van der Waals surface area contributed by atoms with Gasteiger partial charge in [-0.05, 0) is 39.0 Å². The first-order valence-electron chi connectivity index (χ1n) is 5.67. The summed E-state index contributed by atoms with van der Waals surface area (Å²) in [6, 6.07) is 3.19. The lowest BCUT2D eigenvalue weighted by Gasteiger charge is -2.16. The summed E-state index contributed by atoms with van der Waals surface area (Å²) in [5.74, 6) is -0.478. The van der Waals surface area contributed by atoms with Crippen molar-refractivity contribution in [1.82, 2.24) is 9.88 Å². The number of nitro groups is 1. The molecule has 1 amide bonds. The van der Waals surface area contributed by atoms with Crippen LogP contribution in [0.2, 0.25) is 5.15 Å². The van der Waals surface area contributed by atoms with Crippen molar-refractivity contribution >= 4 is 50.5 Å². The summed E-state index contributed by atoms with van der Waals surface area (Å²) in [5, 5.41) is 12.6. The number of carbonyl (C=O) groups excluding carboxylic acids is 1. The highest BCUT2D eigenvalue weighted by molar-refractivity contribution is 9.11. The van der Waals surface area contributed by atoms with E-state index in [1.165, 1.54) is 28.5 Å². The predicted octanol–water partition coefficient (Wildman–Crippen LogP) is 3.74. The molecule has 9 heteroatoms. The smallest absolute Gasteiger partial charge is 0.319 e. The number of rotatable bonds is 4. The van der Waals surface area contributed by atoms with Crippen molar-refractivity contribution in [2.45, 2.75) is 6.54 Å². The van der Waals surface area contributed by atoms with E-state index in [4.69, 9.17) is 11.6 Å². The molecule has 0 aromatic carbocycles. The van der Waals surface area contributed by atoms with Gasteiger partial charge in [0.1, 0.15) is 5.56 Å². The highest BCUT2D eigenvalue weighted by atomic mass is 79.9. The van der Waals surface area contributed by atoms with Gasteiger partial charge < -0.3 is 4.90 Å². The van der Waals surface area contributed by atoms with Crippen molar-refractivity contribution in [3.05, 3.63) is 53.9 Å². The molecule has 110 valence electrons. The quantitative estimate of drug-likeness (QED) is 0.453. The van der Waals surface area contributed by atoms with Gasteiger partial charge in [0, 0.05) is 19.8 Å². The molecule has 0 fully saturated rings. The Morgan fingerprint density at radius 2 is 2.33 bits per heavy atom. The lowest BCUT2D eigenvalue weighted by Crippen LogP contribution is -2.26. The molecule has 0 bridgehead atoms. The summed E-state index contributed by atoms with van der Waals surface area (Å²) < 4.78 is 0.955. The molecular weight excluding hydrogens is 382 g/mol. The third kappa shape index (κ3) is 3.58. The molecule has 0 aliphatic carbocycles. The Hall–Kier alpha value is -1.51. The average molecular weight is 391 g/mol. The molecule has 2 aromatic heterocycles. The molecule has 0 spiro atoms. The van der Waals surface area contributed by atoms with Gasteiger partial charge in [0.05, 0.1) is 8.71 Å². The third-order valence-electron chi connectivity index (χ3n) is 2.68. The number of amides is 1. The van der Waals surface area contributed by atoms with Crippen molar-refractivity contribution in [1.29, 1.82) is 0 Å². The summed E-state index contributed by atoms with van der Waals surface area (Å²) >= 11 is 10.6. The summed E-state index contributed by atoms with van der Waals surface area (Å²) in [6.07, 6.45) is 1.28. The molecule has 2 rings (SSSR count). The fourth-order valence-corrected chi connectivity index (χ4v) is 3.18. The van der Waals surface area contributed by atoms with Crippen LogP contribution in [0.25, 0.3) is 0 Å². The molecule has 0 aliphatic rings. The number of pyridine rings is 1. The Morgan fingerprint density at radius 1 is 1.62 bits per heavy atom. The van der Waals surface area contributed by atoms with Gasteiger partial charge in [-0.1, -0.05) is 11.6 Å². The van der Waals surface area contributed by atoms with Gasteiger partial charge >= 0.3 is 5.69 Å². The van der Waals surface area contributed by atoms with Crippen LogP contribution in [0.4, 0.5) is 5.69 Å². The average Bonchev–Trinajstić information content (AvgIpc) is 2.82. The molecule has 0 radical (unpaired) electrons. The zero-order valence-electron chi connectivity index (χ0n) is 10.7. The van der Waals surface area contributed by atoms with E-state index in [2.05, 4.69) is 20.9 Å². The van der Waals surface area contributed by atoms with E-state index in [1.807, 2.05) is 11.4 Å². The van der Waals surface area contributed by atoms with Crippen LogP contribution in [-0.2, 0) is 6.54 Å². The van der Waals surface area contributed by atoms with Gasteiger partial charge in [0.25, 0.3) is 5.91 Å². The molecule has 0 saturated carbocycles. The van der Waals surface area contributed by atoms with Gasteiger partial charge in [0.15, 0.2) is 0 Å². The molecule has 2 aromatic rings. The minimum atomic E-state index is -0.697. The third-order valence-corrected chi connectivity index (χ3v) is 4.51. The fraction of sp³-hybridized carbons (Fsp3) is 0.167. The van der Waals surface area contributed by atoms with Gasteiger partial charge in [-0.2, -0.15) is 0 Å². The Balaban J connectivity index is 2.27. The van der Waals surface area contributed by atoms with Gasteiger partial charge in [-0.25, -0.2) is 4.98 Å². The zero-order valence-corrected chi connectivity index (χ0v) is 13.9. The second-order valence-corrected chi connectivity index (χ2v) is 6.82. The van der Waals surface area contributed by atoms with Crippen LogP contribution in [0.5, 0.6) is 0 Å². The van der Waals surface area contributed by atoms with Crippen molar-refractivity contribution in [3.63, 3.8) is 0 Å². The highest BCUT2D eigenvalue weighted by Gasteiger charge is 2.26. The molecule has 6 nitrogen and oxygen atoms in total. The molecule has 21 heavy (non-hydrogen) atoms. The number of aromatic nitrogens is 1. The van der Waals surface area contributed by atoms with E-state index in [-0.39, 0.29) is 10.7 Å². The SMILES string of the molecule is CN(Cc1csc(Br)c1)C(=O)c1ccnc(Cl)c1[N+](=O)[O-]. The lowest BCUT2D eigenvalue weighted by molar-refractivity contribution is -0.385. The fourth-order valence-electron chi connectivity index (χ4n) is 1.75. The van der Waals surface area contributed by atoms with Crippen molar-refractivity contribution in [3.8, 4) is 0 Å². The maximum Gasteiger partial charge on any atom is 0.319 e. The van der Waals surface area contributed by atoms with Crippen molar-refractivity contribution in [2.24, 2.45) is 0 Å². The number of carbonyl (C=O) groups is 1. The van der Waals surface area contributed by atoms with Crippen LogP contribution < -0.4 is 0 Å². The first kappa shape index (κ1) is 15.9. The minimum Gasteiger partial charge on any atom is -0.337 e. The van der Waals surface area contributed by atoms with E-state index < -0.39 is 16.5 Å². The number of thiophene rings is 1. The molecule has 0 unspecified atom stereocenters. The molecule has 0 N–H and O–H groups in total. The Morgan fingerprint density at radius 3 is 2.90 bits per heavy atom. The second-order valence-electron chi connectivity index (χ2n) is 4.18. The normalized spacial score (nSPS) is 10.4. The maximum absolute atomic E-state index is 12.4. The van der Waals surface area contributed by atoms with E-state index in [0.29, 0.717) is 6.54 Å². The number of nitrogens with zero attached hydrogens (tertiary/aromatic N) is 3. The van der Waals surface area contributed by atoms with Crippen LogP contribution in [0.1, 0.15) is 15.9 Å². The largest absolute Gasteiger partial charge is 0.337 e. The standard InChI is InChI=1S/C12H9BrClN3O3S/c1-16(5-7-4-9(13)21-6-7)12(18)8-2-3-15-11(14)10(8)17(19)20/h2-4,6H,5H2,1H3. The highest BCUT2D eigenvalue weighted by Crippen LogP contribution is 2.27. The summed E-state index contributed by atoms with van der Waals surface area (Å²) in [6.45, 7) is 0.345. The number of hydrogen-bond acceptors (Lipinski definition) is 5. The minimum absolute atomic E-state index is 0.0724. The van der Waals surface area contributed by atoms with Crippen LogP contribution in [0.3, 0.4) is 0 Å². The first-order chi connectivity index (χ1) is 9.90. The molecular formula is C12H9BrClN3O3S. The topological polar surface area (TPSA) is 76.3 Å². The van der Waals surface area contributed by atoms with Crippen molar-refractivity contribution < 1.29 is 9.72 Å². The molecule has 0 saturated heterocycles. The number of halogens is 2. The summed E-state index contributed by atoms with van der Waals surface area (Å²) in [5.41, 5.74) is 0.393.